The van der Waals surface area contributed by atoms with E-state index in [0.717, 1.165) is 29.6 Å². The fraction of sp³-hybridized carbons (Fsp3) is 0.655. The first-order valence-corrected chi connectivity index (χ1v) is 13.2. The van der Waals surface area contributed by atoms with Crippen molar-refractivity contribution in [3.8, 4) is 11.3 Å². The van der Waals surface area contributed by atoms with Crippen molar-refractivity contribution in [2.75, 3.05) is 0 Å². The lowest BCUT2D eigenvalue weighted by Gasteiger charge is -2.28. The summed E-state index contributed by atoms with van der Waals surface area (Å²) in [6.07, 6.45) is 20.3. The van der Waals surface area contributed by atoms with Crippen molar-refractivity contribution in [3.05, 3.63) is 47.7 Å². The quantitative estimate of drug-likeness (QED) is 0.303. The van der Waals surface area contributed by atoms with E-state index in [1.165, 1.54) is 101 Å². The van der Waals surface area contributed by atoms with Crippen molar-refractivity contribution < 1.29 is 0 Å². The second-order valence-electron chi connectivity index (χ2n) is 9.84. The normalized spacial score (nSPS) is 18.9. The van der Waals surface area contributed by atoms with E-state index in [0.29, 0.717) is 0 Å². The smallest absolute Gasteiger partial charge is 0.0929 e. The van der Waals surface area contributed by atoms with Crippen LogP contribution in [-0.2, 0) is 12.8 Å². The summed E-state index contributed by atoms with van der Waals surface area (Å²) in [7, 11) is 0. The van der Waals surface area contributed by atoms with E-state index >= 15 is 0 Å². The van der Waals surface area contributed by atoms with Crippen LogP contribution in [0.2, 0.25) is 0 Å². The molecular formula is C29H44N2. The van der Waals surface area contributed by atoms with Crippen molar-refractivity contribution >= 4 is 0 Å². The van der Waals surface area contributed by atoms with E-state index in [2.05, 4.69) is 60.4 Å². The van der Waals surface area contributed by atoms with Crippen LogP contribution in [0.4, 0.5) is 0 Å². The molecule has 1 aliphatic carbocycles. The van der Waals surface area contributed by atoms with Crippen molar-refractivity contribution in [2.45, 2.75) is 110 Å². The van der Waals surface area contributed by atoms with Crippen LogP contribution >= 0.6 is 0 Å². The van der Waals surface area contributed by atoms with E-state index in [1.807, 2.05) is 0 Å². The molecular weight excluding hydrogens is 376 g/mol. The number of hydrogen-bond donors (Lipinski definition) is 0. The SMILES string of the molecule is CCCCCCC1CCC(CCc2ccc(-c3ccc(CCCCC)cc3)nn2)CC1. The number of aryl methyl sites for hydroxylation is 2. The summed E-state index contributed by atoms with van der Waals surface area (Å²) >= 11 is 0. The highest BCUT2D eigenvalue weighted by Crippen LogP contribution is 2.34. The molecule has 3 rings (SSSR count). The zero-order valence-corrected chi connectivity index (χ0v) is 20.1. The highest BCUT2D eigenvalue weighted by molar-refractivity contribution is 5.58. The molecule has 0 bridgehead atoms. The van der Waals surface area contributed by atoms with Gasteiger partial charge in [-0.1, -0.05) is 109 Å². The zero-order chi connectivity index (χ0) is 21.7. The molecule has 1 heterocycles. The van der Waals surface area contributed by atoms with Gasteiger partial charge in [0.1, 0.15) is 0 Å². The summed E-state index contributed by atoms with van der Waals surface area (Å²) in [5, 5.41) is 9.07. The Morgan fingerprint density at radius 1 is 0.645 bits per heavy atom. The summed E-state index contributed by atoms with van der Waals surface area (Å²) in [6, 6.07) is 13.2. The van der Waals surface area contributed by atoms with Crippen LogP contribution in [-0.4, -0.2) is 10.2 Å². The van der Waals surface area contributed by atoms with Gasteiger partial charge in [-0.15, -0.1) is 0 Å². The minimum absolute atomic E-state index is 0.897. The molecule has 0 N–H and O–H groups in total. The van der Waals surface area contributed by atoms with Crippen molar-refractivity contribution in [3.63, 3.8) is 0 Å². The van der Waals surface area contributed by atoms with Gasteiger partial charge in [-0.2, -0.15) is 10.2 Å². The van der Waals surface area contributed by atoms with Gasteiger partial charge in [0, 0.05) is 5.56 Å². The van der Waals surface area contributed by atoms with E-state index in [4.69, 9.17) is 0 Å². The molecule has 170 valence electrons. The maximum Gasteiger partial charge on any atom is 0.0929 e. The summed E-state index contributed by atoms with van der Waals surface area (Å²) in [5.41, 5.74) is 4.75. The van der Waals surface area contributed by atoms with Crippen LogP contribution < -0.4 is 0 Å². The maximum atomic E-state index is 4.55. The summed E-state index contributed by atoms with van der Waals surface area (Å²) in [5.74, 6) is 1.90. The third-order valence-electron chi connectivity index (χ3n) is 7.28. The van der Waals surface area contributed by atoms with E-state index < -0.39 is 0 Å². The van der Waals surface area contributed by atoms with Crippen LogP contribution in [0.25, 0.3) is 11.3 Å². The van der Waals surface area contributed by atoms with E-state index in [9.17, 15) is 0 Å². The van der Waals surface area contributed by atoms with E-state index in [1.54, 1.807) is 0 Å². The van der Waals surface area contributed by atoms with Crippen molar-refractivity contribution in [1.29, 1.82) is 0 Å². The van der Waals surface area contributed by atoms with Gasteiger partial charge in [-0.05, 0) is 55.2 Å². The highest BCUT2D eigenvalue weighted by atomic mass is 15.1. The molecule has 1 aliphatic rings. The zero-order valence-electron chi connectivity index (χ0n) is 20.1. The molecule has 0 atom stereocenters. The Morgan fingerprint density at radius 2 is 1.32 bits per heavy atom. The molecule has 0 amide bonds. The van der Waals surface area contributed by atoms with Gasteiger partial charge < -0.3 is 0 Å². The number of benzene rings is 1. The molecule has 2 nitrogen and oxygen atoms in total. The van der Waals surface area contributed by atoms with Crippen molar-refractivity contribution in [2.24, 2.45) is 11.8 Å². The first-order chi connectivity index (χ1) is 15.3. The Morgan fingerprint density at radius 3 is 1.97 bits per heavy atom. The third-order valence-corrected chi connectivity index (χ3v) is 7.28. The fourth-order valence-corrected chi connectivity index (χ4v) is 5.09. The van der Waals surface area contributed by atoms with Gasteiger partial charge in [0.15, 0.2) is 0 Å². The first-order valence-electron chi connectivity index (χ1n) is 13.2. The number of nitrogens with zero attached hydrogens (tertiary/aromatic N) is 2. The average molecular weight is 421 g/mol. The number of unbranched alkanes of at least 4 members (excludes halogenated alkanes) is 5. The van der Waals surface area contributed by atoms with Crippen molar-refractivity contribution in [1.82, 2.24) is 10.2 Å². The average Bonchev–Trinajstić information content (AvgIpc) is 2.82. The lowest BCUT2D eigenvalue weighted by molar-refractivity contribution is 0.248. The largest absolute Gasteiger partial charge is 0.155 e. The molecule has 2 heteroatoms. The highest BCUT2D eigenvalue weighted by Gasteiger charge is 2.20. The molecule has 0 aliphatic heterocycles. The molecule has 2 aromatic rings. The summed E-state index contributed by atoms with van der Waals surface area (Å²) < 4.78 is 0. The predicted molar refractivity (Wildman–Crippen MR) is 133 cm³/mol. The van der Waals surface area contributed by atoms with Crippen LogP contribution in [0.1, 0.15) is 109 Å². The fourth-order valence-electron chi connectivity index (χ4n) is 5.09. The lowest BCUT2D eigenvalue weighted by atomic mass is 9.78. The first kappa shape index (κ1) is 24.0. The molecule has 1 aromatic carbocycles. The molecule has 1 saturated carbocycles. The number of aromatic nitrogens is 2. The molecule has 1 fully saturated rings. The Hall–Kier alpha value is -1.70. The second kappa shape index (κ2) is 13.7. The monoisotopic (exact) mass is 420 g/mol. The molecule has 0 spiro atoms. The van der Waals surface area contributed by atoms with Crippen LogP contribution in [0.15, 0.2) is 36.4 Å². The van der Waals surface area contributed by atoms with Gasteiger partial charge in [0.05, 0.1) is 11.4 Å². The summed E-state index contributed by atoms with van der Waals surface area (Å²) in [4.78, 5) is 0. The van der Waals surface area contributed by atoms with E-state index in [-0.39, 0.29) is 0 Å². The molecule has 1 aromatic heterocycles. The van der Waals surface area contributed by atoms with Gasteiger partial charge in [0.25, 0.3) is 0 Å². The molecule has 0 radical (unpaired) electrons. The topological polar surface area (TPSA) is 25.8 Å². The van der Waals surface area contributed by atoms with Gasteiger partial charge in [-0.3, -0.25) is 0 Å². The van der Waals surface area contributed by atoms with Gasteiger partial charge in [0.2, 0.25) is 0 Å². The molecule has 0 saturated heterocycles. The predicted octanol–water partition coefficient (Wildman–Crippen LogP) is 8.59. The molecule has 31 heavy (non-hydrogen) atoms. The van der Waals surface area contributed by atoms with Gasteiger partial charge >= 0.3 is 0 Å². The Kier molecular flexibility index (Phi) is 10.6. The van der Waals surface area contributed by atoms with Crippen LogP contribution in [0, 0.1) is 11.8 Å². The number of rotatable bonds is 13. The van der Waals surface area contributed by atoms with Crippen LogP contribution in [0.3, 0.4) is 0 Å². The molecule has 0 unspecified atom stereocenters. The Balaban J connectivity index is 1.38. The Bertz CT molecular complexity index is 711. The summed E-state index contributed by atoms with van der Waals surface area (Å²) in [6.45, 7) is 4.56. The lowest BCUT2D eigenvalue weighted by Crippen LogP contribution is -2.15. The standard InChI is InChI=1S/C29H44N2/c1-3-5-7-9-11-24-12-14-26(15-13-24)18-21-28-22-23-29(31-30-28)27-19-16-25(17-20-27)10-8-6-4-2/h16-17,19-20,22-24,26H,3-15,18,21H2,1-2H3. The van der Waals surface area contributed by atoms with Crippen LogP contribution in [0.5, 0.6) is 0 Å². The third kappa shape index (κ3) is 8.39. The van der Waals surface area contributed by atoms with Gasteiger partial charge in [-0.25, -0.2) is 0 Å². The number of hydrogen-bond acceptors (Lipinski definition) is 2. The minimum atomic E-state index is 0.897. The minimum Gasteiger partial charge on any atom is -0.155 e. The maximum absolute atomic E-state index is 4.55. The Labute approximate surface area is 191 Å². The second-order valence-corrected chi connectivity index (χ2v) is 9.84.